The molecule has 1 aliphatic carbocycles. The summed E-state index contributed by atoms with van der Waals surface area (Å²) in [5.41, 5.74) is 0.802. The molecule has 2 unspecified atom stereocenters. The summed E-state index contributed by atoms with van der Waals surface area (Å²) in [6.07, 6.45) is 6.36. The van der Waals surface area contributed by atoms with Crippen LogP contribution in [0.5, 0.6) is 0 Å². The fourth-order valence-corrected chi connectivity index (χ4v) is 4.72. The number of benzene rings is 1. The molecule has 0 bridgehead atoms. The minimum atomic E-state index is -0.366. The van der Waals surface area contributed by atoms with E-state index in [0.29, 0.717) is 13.0 Å². The van der Waals surface area contributed by atoms with Crippen LogP contribution in [0.2, 0.25) is 0 Å². The molecule has 2 fully saturated rings. The molecule has 1 spiro atoms. The second kappa shape index (κ2) is 8.21. The molecule has 26 heavy (non-hydrogen) atoms. The average molecular weight is 358 g/mol. The van der Waals surface area contributed by atoms with E-state index in [-0.39, 0.29) is 23.1 Å². The van der Waals surface area contributed by atoms with Crippen LogP contribution < -0.4 is 0 Å². The normalized spacial score (nSPS) is 26.2. The first kappa shape index (κ1) is 18.9. The molecule has 1 aliphatic heterocycles. The minimum absolute atomic E-state index is 0.0354. The van der Waals surface area contributed by atoms with E-state index in [0.717, 1.165) is 45.1 Å². The standard InChI is InChI=1S/C21H30N2O3/c1-22(26-2)19(24)15-18-11-6-7-12-21(18)13-8-14-23(20(21)25)16-17-9-4-3-5-10-17/h3-5,9-10,18H,6-8,11-16H2,1-2H3. The Balaban J connectivity index is 1.78. The number of amides is 2. The first-order valence-electron chi connectivity index (χ1n) is 9.71. The number of likely N-dealkylation sites (tertiary alicyclic amines) is 1. The van der Waals surface area contributed by atoms with Crippen molar-refractivity contribution in [3.05, 3.63) is 35.9 Å². The SMILES string of the molecule is CON(C)C(=O)CC1CCCCC12CCCN(Cc1ccccc1)C2=O. The Labute approximate surface area is 156 Å². The Kier molecular flexibility index (Phi) is 5.97. The molecule has 0 radical (unpaired) electrons. The minimum Gasteiger partial charge on any atom is -0.338 e. The molecule has 1 aromatic rings. The molecular weight excluding hydrogens is 328 g/mol. The lowest BCUT2D eigenvalue weighted by Crippen LogP contribution is -2.53. The molecule has 5 nitrogen and oxygen atoms in total. The summed E-state index contributed by atoms with van der Waals surface area (Å²) in [5.74, 6) is 0.337. The van der Waals surface area contributed by atoms with Crippen LogP contribution in [0.4, 0.5) is 0 Å². The molecule has 2 atom stereocenters. The topological polar surface area (TPSA) is 49.9 Å². The van der Waals surface area contributed by atoms with Crippen molar-refractivity contribution in [2.45, 2.75) is 51.5 Å². The zero-order valence-corrected chi connectivity index (χ0v) is 15.9. The summed E-state index contributed by atoms with van der Waals surface area (Å²) in [5, 5.41) is 1.29. The van der Waals surface area contributed by atoms with Gasteiger partial charge in [-0.3, -0.25) is 14.4 Å². The van der Waals surface area contributed by atoms with Crippen LogP contribution in [-0.2, 0) is 21.0 Å². The molecule has 0 aromatic heterocycles. The lowest BCUT2D eigenvalue weighted by molar-refractivity contribution is -0.173. The van der Waals surface area contributed by atoms with Gasteiger partial charge in [-0.25, -0.2) is 5.06 Å². The van der Waals surface area contributed by atoms with Gasteiger partial charge in [0.2, 0.25) is 11.8 Å². The van der Waals surface area contributed by atoms with Crippen LogP contribution in [0.1, 0.15) is 50.5 Å². The van der Waals surface area contributed by atoms with Gasteiger partial charge in [0.05, 0.1) is 12.5 Å². The Morgan fingerprint density at radius 3 is 2.69 bits per heavy atom. The Bertz CT molecular complexity index is 629. The van der Waals surface area contributed by atoms with E-state index in [4.69, 9.17) is 4.84 Å². The van der Waals surface area contributed by atoms with Crippen molar-refractivity contribution in [2.24, 2.45) is 11.3 Å². The molecule has 1 saturated carbocycles. The monoisotopic (exact) mass is 358 g/mol. The van der Waals surface area contributed by atoms with Gasteiger partial charge in [-0.1, -0.05) is 43.2 Å². The molecule has 1 aromatic carbocycles. The van der Waals surface area contributed by atoms with Crippen molar-refractivity contribution < 1.29 is 14.4 Å². The van der Waals surface area contributed by atoms with E-state index in [9.17, 15) is 9.59 Å². The lowest BCUT2D eigenvalue weighted by atomic mass is 9.60. The smallest absolute Gasteiger partial charge is 0.246 e. The predicted octanol–water partition coefficient (Wildman–Crippen LogP) is 3.40. The van der Waals surface area contributed by atoms with Gasteiger partial charge in [-0.15, -0.1) is 0 Å². The van der Waals surface area contributed by atoms with Crippen molar-refractivity contribution in [1.29, 1.82) is 0 Å². The summed E-state index contributed by atoms with van der Waals surface area (Å²) in [7, 11) is 3.14. The number of rotatable bonds is 5. The summed E-state index contributed by atoms with van der Waals surface area (Å²) >= 11 is 0. The van der Waals surface area contributed by atoms with Crippen LogP contribution in [0.3, 0.4) is 0 Å². The number of nitrogens with zero attached hydrogens (tertiary/aromatic N) is 2. The van der Waals surface area contributed by atoms with E-state index in [1.807, 2.05) is 23.1 Å². The molecule has 1 heterocycles. The van der Waals surface area contributed by atoms with Gasteiger partial charge in [0, 0.05) is 26.6 Å². The van der Waals surface area contributed by atoms with E-state index in [1.54, 1.807) is 7.05 Å². The molecule has 2 aliphatic rings. The highest BCUT2D eigenvalue weighted by Gasteiger charge is 2.50. The average Bonchev–Trinajstić information content (AvgIpc) is 2.67. The first-order valence-corrected chi connectivity index (χ1v) is 9.71. The summed E-state index contributed by atoms with van der Waals surface area (Å²) < 4.78 is 0. The van der Waals surface area contributed by atoms with Crippen LogP contribution in [-0.4, -0.2) is 42.5 Å². The van der Waals surface area contributed by atoms with Crippen LogP contribution in [0.15, 0.2) is 30.3 Å². The third-order valence-corrected chi connectivity index (χ3v) is 6.23. The maximum Gasteiger partial charge on any atom is 0.246 e. The zero-order valence-electron chi connectivity index (χ0n) is 15.9. The van der Waals surface area contributed by atoms with Gasteiger partial charge >= 0.3 is 0 Å². The van der Waals surface area contributed by atoms with E-state index < -0.39 is 0 Å². The summed E-state index contributed by atoms with van der Waals surface area (Å²) in [6, 6.07) is 10.2. The largest absolute Gasteiger partial charge is 0.338 e. The maximum absolute atomic E-state index is 13.5. The molecule has 0 N–H and O–H groups in total. The second-order valence-electron chi connectivity index (χ2n) is 7.69. The lowest BCUT2D eigenvalue weighted by Gasteiger charge is -2.48. The number of piperidine rings is 1. The molecule has 5 heteroatoms. The predicted molar refractivity (Wildman–Crippen MR) is 99.9 cm³/mol. The molecule has 142 valence electrons. The fourth-order valence-electron chi connectivity index (χ4n) is 4.72. The number of carbonyl (C=O) groups is 2. The van der Waals surface area contributed by atoms with Crippen molar-refractivity contribution in [1.82, 2.24) is 9.96 Å². The van der Waals surface area contributed by atoms with E-state index in [1.165, 1.54) is 17.7 Å². The van der Waals surface area contributed by atoms with Crippen LogP contribution in [0.25, 0.3) is 0 Å². The summed E-state index contributed by atoms with van der Waals surface area (Å²) in [4.78, 5) is 33.0. The number of hydroxylamine groups is 2. The Hall–Kier alpha value is -1.88. The highest BCUT2D eigenvalue weighted by Crippen LogP contribution is 2.50. The number of hydrogen-bond donors (Lipinski definition) is 0. The molecule has 2 amide bonds. The van der Waals surface area contributed by atoms with Gasteiger partial charge in [-0.05, 0) is 37.2 Å². The first-order chi connectivity index (χ1) is 12.6. The van der Waals surface area contributed by atoms with Crippen molar-refractivity contribution in [3.63, 3.8) is 0 Å². The Morgan fingerprint density at radius 1 is 1.23 bits per heavy atom. The van der Waals surface area contributed by atoms with Gasteiger partial charge in [-0.2, -0.15) is 0 Å². The highest BCUT2D eigenvalue weighted by atomic mass is 16.7. The quantitative estimate of drug-likeness (QED) is 0.758. The van der Waals surface area contributed by atoms with Crippen molar-refractivity contribution in [3.8, 4) is 0 Å². The zero-order chi connectivity index (χ0) is 18.6. The van der Waals surface area contributed by atoms with E-state index >= 15 is 0 Å². The van der Waals surface area contributed by atoms with Crippen molar-refractivity contribution >= 4 is 11.8 Å². The third-order valence-electron chi connectivity index (χ3n) is 6.23. The van der Waals surface area contributed by atoms with Crippen LogP contribution >= 0.6 is 0 Å². The van der Waals surface area contributed by atoms with E-state index in [2.05, 4.69) is 12.1 Å². The number of hydrogen-bond acceptors (Lipinski definition) is 3. The maximum atomic E-state index is 13.5. The molecule has 3 rings (SSSR count). The van der Waals surface area contributed by atoms with Crippen molar-refractivity contribution in [2.75, 3.05) is 20.7 Å². The Morgan fingerprint density at radius 2 is 1.96 bits per heavy atom. The second-order valence-corrected chi connectivity index (χ2v) is 7.69. The molecule has 1 saturated heterocycles. The highest BCUT2D eigenvalue weighted by molar-refractivity contribution is 5.85. The molecular formula is C21H30N2O3. The third kappa shape index (κ3) is 3.78. The fraction of sp³-hybridized carbons (Fsp3) is 0.619. The van der Waals surface area contributed by atoms with Gasteiger partial charge in [0.1, 0.15) is 0 Å². The van der Waals surface area contributed by atoms with Gasteiger partial charge in [0.15, 0.2) is 0 Å². The van der Waals surface area contributed by atoms with Gasteiger partial charge < -0.3 is 4.90 Å². The summed E-state index contributed by atoms with van der Waals surface area (Å²) in [6.45, 7) is 1.48. The van der Waals surface area contributed by atoms with Gasteiger partial charge in [0.25, 0.3) is 0 Å². The number of carbonyl (C=O) groups excluding carboxylic acids is 2. The van der Waals surface area contributed by atoms with Crippen LogP contribution in [0, 0.1) is 11.3 Å².